The summed E-state index contributed by atoms with van der Waals surface area (Å²) in [4.78, 5) is 0. The number of unbranched alkanes of at least 4 members (excludes halogenated alkanes) is 1. The van der Waals surface area contributed by atoms with Gasteiger partial charge in [0.1, 0.15) is 5.75 Å². The van der Waals surface area contributed by atoms with Crippen molar-refractivity contribution in [2.24, 2.45) is 5.10 Å². The van der Waals surface area contributed by atoms with Crippen molar-refractivity contribution in [2.75, 3.05) is 12.0 Å². The summed E-state index contributed by atoms with van der Waals surface area (Å²) in [6.45, 7) is 4.49. The number of anilines is 1. The van der Waals surface area contributed by atoms with Crippen LogP contribution in [-0.2, 0) is 0 Å². The first-order valence-corrected chi connectivity index (χ1v) is 8.09. The molecule has 0 fully saturated rings. The second-order valence-corrected chi connectivity index (χ2v) is 5.58. The quantitative estimate of drug-likeness (QED) is 0.301. The highest BCUT2D eigenvalue weighted by molar-refractivity contribution is 6.60. The first-order chi connectivity index (χ1) is 11.6. The molecule has 0 unspecified atom stereocenters. The Bertz CT molecular complexity index is 675. The summed E-state index contributed by atoms with van der Waals surface area (Å²) >= 11 is 0. The van der Waals surface area contributed by atoms with Crippen LogP contribution >= 0.6 is 0 Å². The molecule has 0 saturated carbocycles. The van der Waals surface area contributed by atoms with Gasteiger partial charge in [-0.15, -0.1) is 0 Å². The SMILES string of the molecule is CCCCOc1c(C=NNc2ccccc2)cc(C)cc1B(O)O. The van der Waals surface area contributed by atoms with Gasteiger partial charge < -0.3 is 14.8 Å². The zero-order valence-electron chi connectivity index (χ0n) is 14.1. The van der Waals surface area contributed by atoms with E-state index in [0.29, 0.717) is 23.4 Å². The molecule has 0 bridgehead atoms. The molecule has 0 saturated heterocycles. The van der Waals surface area contributed by atoms with E-state index in [4.69, 9.17) is 4.74 Å². The average Bonchev–Trinajstić information content (AvgIpc) is 2.57. The van der Waals surface area contributed by atoms with Crippen molar-refractivity contribution in [3.05, 3.63) is 53.6 Å². The number of rotatable bonds is 8. The van der Waals surface area contributed by atoms with Crippen molar-refractivity contribution in [3.63, 3.8) is 0 Å². The molecule has 126 valence electrons. The fourth-order valence-electron chi connectivity index (χ4n) is 2.29. The largest absolute Gasteiger partial charge is 0.493 e. The molecule has 0 spiro atoms. The van der Waals surface area contributed by atoms with Gasteiger partial charge in [-0.2, -0.15) is 5.10 Å². The Labute approximate surface area is 143 Å². The molecular weight excluding hydrogens is 303 g/mol. The maximum absolute atomic E-state index is 9.63. The normalized spacial score (nSPS) is 10.8. The van der Waals surface area contributed by atoms with Gasteiger partial charge in [0, 0.05) is 11.0 Å². The van der Waals surface area contributed by atoms with E-state index in [1.807, 2.05) is 43.3 Å². The third-order valence-electron chi connectivity index (χ3n) is 3.48. The van der Waals surface area contributed by atoms with Gasteiger partial charge >= 0.3 is 7.12 Å². The lowest BCUT2D eigenvalue weighted by Crippen LogP contribution is -2.32. The highest BCUT2D eigenvalue weighted by Crippen LogP contribution is 2.18. The average molecular weight is 326 g/mol. The van der Waals surface area contributed by atoms with Gasteiger partial charge in [-0.25, -0.2) is 0 Å². The fraction of sp³-hybridized carbons (Fsp3) is 0.278. The zero-order valence-corrected chi connectivity index (χ0v) is 14.1. The molecule has 2 aromatic rings. The molecule has 0 amide bonds. The molecule has 0 radical (unpaired) electrons. The molecule has 5 nitrogen and oxygen atoms in total. The third kappa shape index (κ3) is 5.11. The molecule has 3 N–H and O–H groups in total. The van der Waals surface area contributed by atoms with Crippen LogP contribution in [0.3, 0.4) is 0 Å². The molecule has 0 heterocycles. The third-order valence-corrected chi connectivity index (χ3v) is 3.48. The first-order valence-electron chi connectivity index (χ1n) is 8.09. The van der Waals surface area contributed by atoms with Crippen LogP contribution in [0.5, 0.6) is 5.75 Å². The predicted molar refractivity (Wildman–Crippen MR) is 99.1 cm³/mol. The topological polar surface area (TPSA) is 74.1 Å². The number of aryl methyl sites for hydroxylation is 1. The molecule has 0 aliphatic carbocycles. The molecule has 0 aliphatic heterocycles. The monoisotopic (exact) mass is 326 g/mol. The number of nitrogens with one attached hydrogen (secondary N) is 1. The summed E-state index contributed by atoms with van der Waals surface area (Å²) in [7, 11) is -1.59. The summed E-state index contributed by atoms with van der Waals surface area (Å²) in [5.74, 6) is 0.461. The predicted octanol–water partition coefficient (Wildman–Crippen LogP) is 2.30. The molecule has 0 aromatic heterocycles. The maximum Gasteiger partial charge on any atom is 0.492 e. The minimum absolute atomic E-state index is 0.354. The van der Waals surface area contributed by atoms with Crippen molar-refractivity contribution in [1.82, 2.24) is 0 Å². The molecule has 6 heteroatoms. The lowest BCUT2D eigenvalue weighted by atomic mass is 9.77. The van der Waals surface area contributed by atoms with Crippen LogP contribution in [0.1, 0.15) is 30.9 Å². The van der Waals surface area contributed by atoms with Crippen molar-refractivity contribution in [2.45, 2.75) is 26.7 Å². The number of hydrogen-bond donors (Lipinski definition) is 3. The van der Waals surface area contributed by atoms with Gasteiger partial charge in [-0.3, -0.25) is 5.43 Å². The lowest BCUT2D eigenvalue weighted by Gasteiger charge is -2.15. The Morgan fingerprint density at radius 3 is 2.62 bits per heavy atom. The Kier molecular flexibility index (Phi) is 6.84. The van der Waals surface area contributed by atoms with Gasteiger partial charge in [0.05, 0.1) is 18.5 Å². The molecule has 2 rings (SSSR count). The van der Waals surface area contributed by atoms with Crippen molar-refractivity contribution in [1.29, 1.82) is 0 Å². The van der Waals surface area contributed by atoms with Crippen molar-refractivity contribution in [3.8, 4) is 5.75 Å². The van der Waals surface area contributed by atoms with Crippen molar-refractivity contribution >= 4 is 24.5 Å². The van der Waals surface area contributed by atoms with E-state index < -0.39 is 7.12 Å². The first kappa shape index (κ1) is 18.0. The Hall–Kier alpha value is -2.31. The Balaban J connectivity index is 2.25. The maximum atomic E-state index is 9.63. The summed E-state index contributed by atoms with van der Waals surface area (Å²) in [5, 5.41) is 23.5. The molecule has 2 aromatic carbocycles. The number of hydrazone groups is 1. The summed E-state index contributed by atoms with van der Waals surface area (Å²) in [5.41, 5.74) is 5.78. The van der Waals surface area contributed by atoms with Gasteiger partial charge in [0.25, 0.3) is 0 Å². The van der Waals surface area contributed by atoms with Gasteiger partial charge in [0.2, 0.25) is 0 Å². The molecular formula is C18H23BN2O3. The second kappa shape index (κ2) is 9.10. The van der Waals surface area contributed by atoms with Gasteiger partial charge in [-0.1, -0.05) is 43.2 Å². The van der Waals surface area contributed by atoms with E-state index in [2.05, 4.69) is 17.5 Å². The van der Waals surface area contributed by atoms with E-state index >= 15 is 0 Å². The highest BCUT2D eigenvalue weighted by Gasteiger charge is 2.20. The van der Waals surface area contributed by atoms with Crippen LogP contribution in [0.4, 0.5) is 5.69 Å². The van der Waals surface area contributed by atoms with E-state index in [0.717, 1.165) is 24.1 Å². The fourth-order valence-corrected chi connectivity index (χ4v) is 2.29. The minimum atomic E-state index is -1.59. The standard InChI is InChI=1S/C18H23BN2O3/c1-3-4-10-24-18-15(11-14(2)12-17(18)19(22)23)13-20-21-16-8-6-5-7-9-16/h5-9,11-13,21-23H,3-4,10H2,1-2H3. The van der Waals surface area contributed by atoms with Gasteiger partial charge in [-0.05, 0) is 31.5 Å². The van der Waals surface area contributed by atoms with E-state index in [1.165, 1.54) is 0 Å². The number of ether oxygens (including phenoxy) is 1. The van der Waals surface area contributed by atoms with Crippen LogP contribution in [0, 0.1) is 6.92 Å². The van der Waals surface area contributed by atoms with E-state index in [1.54, 1.807) is 12.3 Å². The van der Waals surface area contributed by atoms with Gasteiger partial charge in [0.15, 0.2) is 0 Å². The highest BCUT2D eigenvalue weighted by atomic mass is 16.5. The van der Waals surface area contributed by atoms with Crippen molar-refractivity contribution < 1.29 is 14.8 Å². The van der Waals surface area contributed by atoms with Crippen LogP contribution in [0.2, 0.25) is 0 Å². The van der Waals surface area contributed by atoms with Crippen LogP contribution < -0.4 is 15.6 Å². The second-order valence-electron chi connectivity index (χ2n) is 5.58. The Morgan fingerprint density at radius 1 is 1.21 bits per heavy atom. The van der Waals surface area contributed by atoms with Crippen LogP contribution in [0.25, 0.3) is 0 Å². The number of hydrogen-bond acceptors (Lipinski definition) is 5. The van der Waals surface area contributed by atoms with Crippen LogP contribution in [-0.4, -0.2) is 30.0 Å². The molecule has 24 heavy (non-hydrogen) atoms. The smallest absolute Gasteiger partial charge is 0.492 e. The zero-order chi connectivity index (χ0) is 17.4. The van der Waals surface area contributed by atoms with E-state index in [-0.39, 0.29) is 0 Å². The number of benzene rings is 2. The lowest BCUT2D eigenvalue weighted by molar-refractivity contribution is 0.309. The number of nitrogens with zero attached hydrogens (tertiary/aromatic N) is 1. The molecule has 0 atom stereocenters. The number of para-hydroxylation sites is 1. The molecule has 0 aliphatic rings. The van der Waals surface area contributed by atoms with E-state index in [9.17, 15) is 10.0 Å². The summed E-state index contributed by atoms with van der Waals surface area (Å²) in [6, 6.07) is 13.2. The summed E-state index contributed by atoms with van der Waals surface area (Å²) in [6.07, 6.45) is 3.53. The Morgan fingerprint density at radius 2 is 1.96 bits per heavy atom. The minimum Gasteiger partial charge on any atom is -0.493 e. The summed E-state index contributed by atoms with van der Waals surface area (Å²) < 4.78 is 5.79. The van der Waals surface area contributed by atoms with Crippen LogP contribution in [0.15, 0.2) is 47.6 Å².